The predicted molar refractivity (Wildman–Crippen MR) is 54.3 cm³/mol. The van der Waals surface area contributed by atoms with Crippen molar-refractivity contribution in [3.63, 3.8) is 0 Å². The van der Waals surface area contributed by atoms with Crippen molar-refractivity contribution in [3.05, 3.63) is 0 Å². The lowest BCUT2D eigenvalue weighted by Gasteiger charge is -2.36. The molecule has 14 heavy (non-hydrogen) atoms. The molecule has 2 aliphatic rings. The molecule has 2 fully saturated rings. The molecule has 0 radical (unpaired) electrons. The number of amides is 2. The molecule has 5 heteroatoms. The largest absolute Gasteiger partial charge is 0.336 e. The first-order valence-electron chi connectivity index (χ1n) is 5.21. The van der Waals surface area contributed by atoms with E-state index in [2.05, 4.69) is 22.6 Å². The predicted octanol–water partition coefficient (Wildman–Crippen LogP) is -1.08. The van der Waals surface area contributed by atoms with Crippen molar-refractivity contribution < 1.29 is 4.79 Å². The molecule has 2 rings (SSSR count). The van der Waals surface area contributed by atoms with Crippen LogP contribution in [0.15, 0.2) is 0 Å². The fraction of sp³-hybridized carbons (Fsp3) is 0.889. The lowest BCUT2D eigenvalue weighted by molar-refractivity contribution is 0.161. The van der Waals surface area contributed by atoms with Gasteiger partial charge >= 0.3 is 6.03 Å². The van der Waals surface area contributed by atoms with Crippen LogP contribution in [0.4, 0.5) is 4.79 Å². The van der Waals surface area contributed by atoms with Gasteiger partial charge in [-0.3, -0.25) is 4.90 Å². The summed E-state index contributed by atoms with van der Waals surface area (Å²) < 4.78 is 0. The second-order valence-corrected chi connectivity index (χ2v) is 4.01. The quantitative estimate of drug-likeness (QED) is 0.604. The van der Waals surface area contributed by atoms with Gasteiger partial charge in [0.1, 0.15) is 0 Å². The van der Waals surface area contributed by atoms with E-state index in [-0.39, 0.29) is 6.03 Å². The Bertz CT molecular complexity index is 217. The molecular formula is C9H18N4O. The maximum Gasteiger partial charge on any atom is 0.317 e. The highest BCUT2D eigenvalue weighted by Crippen LogP contribution is 2.03. The van der Waals surface area contributed by atoms with Crippen LogP contribution in [0.25, 0.3) is 0 Å². The maximum absolute atomic E-state index is 11.2. The molecule has 0 unspecified atom stereocenters. The van der Waals surface area contributed by atoms with Gasteiger partial charge in [0.15, 0.2) is 0 Å². The van der Waals surface area contributed by atoms with Crippen molar-refractivity contribution in [3.8, 4) is 0 Å². The number of nitrogens with zero attached hydrogens (tertiary/aromatic N) is 2. The van der Waals surface area contributed by atoms with Gasteiger partial charge in [-0.25, -0.2) is 4.79 Å². The molecule has 2 heterocycles. The molecule has 0 aromatic heterocycles. The number of urea groups is 1. The topological polar surface area (TPSA) is 47.6 Å². The first-order valence-corrected chi connectivity index (χ1v) is 5.21. The molecule has 0 spiro atoms. The molecule has 2 N–H and O–H groups in total. The van der Waals surface area contributed by atoms with E-state index in [1.54, 1.807) is 0 Å². The first-order chi connectivity index (χ1) is 6.77. The summed E-state index contributed by atoms with van der Waals surface area (Å²) in [6.45, 7) is 5.65. The van der Waals surface area contributed by atoms with E-state index in [4.69, 9.17) is 0 Å². The summed E-state index contributed by atoms with van der Waals surface area (Å²) in [5.41, 5.74) is 0. The van der Waals surface area contributed by atoms with Gasteiger partial charge in [0.25, 0.3) is 0 Å². The molecule has 0 atom stereocenters. The standard InChI is InChI=1S/C9H18N4O/c1-12(8-6-10-7-8)4-5-13-3-2-11-9(13)14/h8,10H,2-7H2,1H3,(H,11,14). The third-order valence-electron chi connectivity index (χ3n) is 3.05. The molecule has 0 aliphatic carbocycles. The molecule has 0 saturated carbocycles. The minimum atomic E-state index is 0.0881. The van der Waals surface area contributed by atoms with Crippen molar-refractivity contribution in [2.24, 2.45) is 0 Å². The van der Waals surface area contributed by atoms with Crippen molar-refractivity contribution in [1.82, 2.24) is 20.4 Å². The second-order valence-electron chi connectivity index (χ2n) is 4.01. The Hall–Kier alpha value is -0.810. The highest BCUT2D eigenvalue weighted by atomic mass is 16.2. The van der Waals surface area contributed by atoms with E-state index in [0.717, 1.165) is 39.3 Å². The Morgan fingerprint density at radius 3 is 2.86 bits per heavy atom. The summed E-state index contributed by atoms with van der Waals surface area (Å²) in [7, 11) is 2.12. The summed E-state index contributed by atoms with van der Waals surface area (Å²) in [6, 6.07) is 0.755. The Kier molecular flexibility index (Phi) is 2.88. The van der Waals surface area contributed by atoms with Crippen LogP contribution in [0.5, 0.6) is 0 Å². The maximum atomic E-state index is 11.2. The number of nitrogens with one attached hydrogen (secondary N) is 2. The van der Waals surface area contributed by atoms with Gasteiger partial charge in [0.2, 0.25) is 0 Å². The number of hydrogen-bond donors (Lipinski definition) is 2. The van der Waals surface area contributed by atoms with E-state index in [1.807, 2.05) is 4.90 Å². The van der Waals surface area contributed by atoms with Crippen LogP contribution < -0.4 is 10.6 Å². The lowest BCUT2D eigenvalue weighted by Crippen LogP contribution is -2.57. The van der Waals surface area contributed by atoms with Crippen LogP contribution in [0.2, 0.25) is 0 Å². The first kappa shape index (κ1) is 9.73. The summed E-state index contributed by atoms with van der Waals surface area (Å²) >= 11 is 0. The smallest absolute Gasteiger partial charge is 0.317 e. The van der Waals surface area contributed by atoms with Crippen LogP contribution in [-0.2, 0) is 0 Å². The van der Waals surface area contributed by atoms with Crippen molar-refractivity contribution in [2.45, 2.75) is 6.04 Å². The highest BCUT2D eigenvalue weighted by molar-refractivity contribution is 5.76. The molecule has 2 aliphatic heterocycles. The number of hydrogen-bond acceptors (Lipinski definition) is 3. The zero-order valence-electron chi connectivity index (χ0n) is 8.62. The molecular weight excluding hydrogens is 180 g/mol. The molecule has 0 bridgehead atoms. The minimum Gasteiger partial charge on any atom is -0.336 e. The SMILES string of the molecule is CN(CCN1CCNC1=O)C1CNC1. The second kappa shape index (κ2) is 4.14. The average molecular weight is 198 g/mol. The number of rotatable bonds is 4. The Balaban J connectivity index is 1.68. The van der Waals surface area contributed by atoms with Gasteiger partial charge in [0, 0.05) is 45.3 Å². The van der Waals surface area contributed by atoms with Crippen molar-refractivity contribution in [1.29, 1.82) is 0 Å². The molecule has 0 aromatic rings. The fourth-order valence-corrected chi connectivity index (χ4v) is 1.77. The van der Waals surface area contributed by atoms with Crippen molar-refractivity contribution in [2.75, 3.05) is 46.3 Å². The fourth-order valence-electron chi connectivity index (χ4n) is 1.77. The van der Waals surface area contributed by atoms with Gasteiger partial charge in [-0.15, -0.1) is 0 Å². The zero-order valence-corrected chi connectivity index (χ0v) is 8.62. The van der Waals surface area contributed by atoms with Crippen LogP contribution in [0.3, 0.4) is 0 Å². The monoisotopic (exact) mass is 198 g/mol. The molecule has 80 valence electrons. The van der Waals surface area contributed by atoms with E-state index in [1.165, 1.54) is 0 Å². The molecule has 0 aromatic carbocycles. The Morgan fingerprint density at radius 2 is 2.36 bits per heavy atom. The lowest BCUT2D eigenvalue weighted by atomic mass is 10.1. The van der Waals surface area contributed by atoms with E-state index in [9.17, 15) is 4.79 Å². The van der Waals surface area contributed by atoms with E-state index >= 15 is 0 Å². The highest BCUT2D eigenvalue weighted by Gasteiger charge is 2.23. The molecule has 5 nitrogen and oxygen atoms in total. The van der Waals surface area contributed by atoms with Crippen LogP contribution in [-0.4, -0.2) is 68.2 Å². The molecule has 2 saturated heterocycles. The normalized spacial score (nSPS) is 22.7. The summed E-state index contributed by atoms with van der Waals surface area (Å²) in [6.07, 6.45) is 0. The number of likely N-dealkylation sites (N-methyl/N-ethyl adjacent to an activating group) is 1. The summed E-state index contributed by atoms with van der Waals surface area (Å²) in [5.74, 6) is 0. The van der Waals surface area contributed by atoms with E-state index in [0.29, 0.717) is 6.04 Å². The van der Waals surface area contributed by atoms with Crippen LogP contribution >= 0.6 is 0 Å². The van der Waals surface area contributed by atoms with Gasteiger partial charge < -0.3 is 15.5 Å². The van der Waals surface area contributed by atoms with Gasteiger partial charge in [0.05, 0.1) is 0 Å². The van der Waals surface area contributed by atoms with Crippen LogP contribution in [0, 0.1) is 0 Å². The van der Waals surface area contributed by atoms with Gasteiger partial charge in [-0.05, 0) is 7.05 Å². The average Bonchev–Trinajstić information content (AvgIpc) is 2.44. The zero-order chi connectivity index (χ0) is 9.97. The third kappa shape index (κ3) is 1.99. The summed E-state index contributed by atoms with van der Waals surface area (Å²) in [4.78, 5) is 15.4. The van der Waals surface area contributed by atoms with Gasteiger partial charge in [-0.1, -0.05) is 0 Å². The van der Waals surface area contributed by atoms with Crippen molar-refractivity contribution >= 4 is 6.03 Å². The summed E-state index contributed by atoms with van der Waals surface area (Å²) in [5, 5.41) is 6.05. The molecule has 2 amide bonds. The number of carbonyl (C=O) groups is 1. The number of carbonyl (C=O) groups excluding carboxylic acids is 1. The third-order valence-corrected chi connectivity index (χ3v) is 3.05. The minimum absolute atomic E-state index is 0.0881. The Morgan fingerprint density at radius 1 is 1.57 bits per heavy atom. The van der Waals surface area contributed by atoms with E-state index < -0.39 is 0 Å². The Labute approximate surface area is 84.4 Å². The van der Waals surface area contributed by atoms with Crippen LogP contribution in [0.1, 0.15) is 0 Å². The van der Waals surface area contributed by atoms with Gasteiger partial charge in [-0.2, -0.15) is 0 Å².